The van der Waals surface area contributed by atoms with E-state index < -0.39 is 5.91 Å². The lowest BCUT2D eigenvalue weighted by atomic mass is 10.0. The standard InChI is InChI=1S/C16H14N2O2S/c1-8-7-12-14(9(2)13(8)15(17)20)18-16(21-12)10-5-3-4-6-11(10)19/h3-7,19H,1-2H3,(H2,17,20). The number of fused-ring (bicyclic) bond motifs is 1. The monoisotopic (exact) mass is 298 g/mol. The molecule has 3 aromatic rings. The molecule has 0 saturated carbocycles. The van der Waals surface area contributed by atoms with Crippen molar-refractivity contribution in [3.63, 3.8) is 0 Å². The Kier molecular flexibility index (Phi) is 3.14. The number of primary amides is 1. The molecular weight excluding hydrogens is 284 g/mol. The summed E-state index contributed by atoms with van der Waals surface area (Å²) in [6.45, 7) is 3.72. The van der Waals surface area contributed by atoms with Gasteiger partial charge in [0.15, 0.2) is 0 Å². The summed E-state index contributed by atoms with van der Waals surface area (Å²) >= 11 is 1.49. The zero-order valence-corrected chi connectivity index (χ0v) is 12.5. The van der Waals surface area contributed by atoms with Crippen molar-refractivity contribution in [3.05, 3.63) is 47.0 Å². The van der Waals surface area contributed by atoms with Gasteiger partial charge in [-0.3, -0.25) is 4.79 Å². The van der Waals surface area contributed by atoms with E-state index in [-0.39, 0.29) is 5.75 Å². The van der Waals surface area contributed by atoms with Gasteiger partial charge in [0.25, 0.3) is 0 Å². The van der Waals surface area contributed by atoms with Gasteiger partial charge in [-0.25, -0.2) is 4.98 Å². The number of nitrogens with zero attached hydrogens (tertiary/aromatic N) is 1. The summed E-state index contributed by atoms with van der Waals surface area (Å²) in [6.07, 6.45) is 0. The van der Waals surface area contributed by atoms with Crippen molar-refractivity contribution in [1.29, 1.82) is 0 Å². The number of phenolic OH excluding ortho intramolecular Hbond substituents is 1. The first-order valence-corrected chi connectivity index (χ1v) is 7.29. The maximum atomic E-state index is 11.6. The van der Waals surface area contributed by atoms with Gasteiger partial charge in [0.2, 0.25) is 5.91 Å². The molecular formula is C16H14N2O2S. The van der Waals surface area contributed by atoms with Crippen LogP contribution in [0.3, 0.4) is 0 Å². The third-order valence-corrected chi connectivity index (χ3v) is 4.54. The van der Waals surface area contributed by atoms with Crippen LogP contribution in [0.2, 0.25) is 0 Å². The predicted molar refractivity (Wildman–Crippen MR) is 84.7 cm³/mol. The van der Waals surface area contributed by atoms with Gasteiger partial charge in [-0.05, 0) is 43.2 Å². The van der Waals surface area contributed by atoms with E-state index >= 15 is 0 Å². The van der Waals surface area contributed by atoms with E-state index in [1.165, 1.54) is 11.3 Å². The van der Waals surface area contributed by atoms with Crippen LogP contribution in [0.15, 0.2) is 30.3 Å². The summed E-state index contributed by atoms with van der Waals surface area (Å²) in [4.78, 5) is 16.2. The van der Waals surface area contributed by atoms with Crippen LogP contribution >= 0.6 is 11.3 Å². The molecule has 5 heteroatoms. The molecule has 0 aliphatic rings. The lowest BCUT2D eigenvalue weighted by Crippen LogP contribution is -2.14. The maximum Gasteiger partial charge on any atom is 0.249 e. The molecule has 4 nitrogen and oxygen atoms in total. The molecule has 21 heavy (non-hydrogen) atoms. The van der Waals surface area contributed by atoms with Crippen LogP contribution in [0, 0.1) is 13.8 Å². The molecule has 3 rings (SSSR count). The summed E-state index contributed by atoms with van der Waals surface area (Å²) in [5.74, 6) is -0.245. The Morgan fingerprint density at radius 1 is 1.29 bits per heavy atom. The van der Waals surface area contributed by atoms with E-state index in [4.69, 9.17) is 5.73 Å². The molecule has 0 fully saturated rings. The van der Waals surface area contributed by atoms with Gasteiger partial charge in [0.05, 0.1) is 15.8 Å². The van der Waals surface area contributed by atoms with Gasteiger partial charge < -0.3 is 10.8 Å². The Morgan fingerprint density at radius 3 is 2.67 bits per heavy atom. The third-order valence-electron chi connectivity index (χ3n) is 3.51. The molecule has 106 valence electrons. The molecule has 3 N–H and O–H groups in total. The highest BCUT2D eigenvalue weighted by Gasteiger charge is 2.17. The van der Waals surface area contributed by atoms with Crippen molar-refractivity contribution < 1.29 is 9.90 Å². The molecule has 0 spiro atoms. The minimum Gasteiger partial charge on any atom is -0.507 e. The summed E-state index contributed by atoms with van der Waals surface area (Å²) in [7, 11) is 0. The van der Waals surface area contributed by atoms with Crippen molar-refractivity contribution in [1.82, 2.24) is 4.98 Å². The second-order valence-corrected chi connectivity index (χ2v) is 5.97. The topological polar surface area (TPSA) is 76.2 Å². The fourth-order valence-corrected chi connectivity index (χ4v) is 3.69. The quantitative estimate of drug-likeness (QED) is 0.761. The largest absolute Gasteiger partial charge is 0.507 e. The van der Waals surface area contributed by atoms with Crippen LogP contribution in [-0.4, -0.2) is 16.0 Å². The Morgan fingerprint density at radius 2 is 2.00 bits per heavy atom. The number of rotatable bonds is 2. The molecule has 0 atom stereocenters. The van der Waals surface area contributed by atoms with Crippen molar-refractivity contribution >= 4 is 27.5 Å². The number of para-hydroxylation sites is 1. The highest BCUT2D eigenvalue weighted by Crippen LogP contribution is 2.37. The summed E-state index contributed by atoms with van der Waals surface area (Å²) in [5.41, 5.74) is 9.06. The number of nitrogens with two attached hydrogens (primary N) is 1. The minimum atomic E-state index is -0.441. The number of hydrogen-bond acceptors (Lipinski definition) is 4. The van der Waals surface area contributed by atoms with Gasteiger partial charge in [0, 0.05) is 5.56 Å². The first-order valence-electron chi connectivity index (χ1n) is 6.48. The molecule has 1 amide bonds. The summed E-state index contributed by atoms with van der Waals surface area (Å²) in [5, 5.41) is 10.7. The normalized spacial score (nSPS) is 11.0. The number of aromatic hydroxyl groups is 1. The van der Waals surface area contributed by atoms with Crippen LogP contribution in [0.1, 0.15) is 21.5 Å². The number of aryl methyl sites for hydroxylation is 2. The highest BCUT2D eigenvalue weighted by molar-refractivity contribution is 7.21. The molecule has 1 heterocycles. The van der Waals surface area contributed by atoms with Gasteiger partial charge in [-0.2, -0.15) is 0 Å². The van der Waals surface area contributed by atoms with E-state index in [1.807, 2.05) is 32.0 Å². The predicted octanol–water partition coefficient (Wildman–Crippen LogP) is 3.38. The number of carbonyl (C=O) groups is 1. The van der Waals surface area contributed by atoms with Gasteiger partial charge in [0.1, 0.15) is 10.8 Å². The molecule has 0 radical (unpaired) electrons. The molecule has 2 aromatic carbocycles. The number of aromatic nitrogens is 1. The van der Waals surface area contributed by atoms with E-state index in [2.05, 4.69) is 4.98 Å². The molecule has 0 bridgehead atoms. The van der Waals surface area contributed by atoms with Crippen molar-refractivity contribution in [2.45, 2.75) is 13.8 Å². The van der Waals surface area contributed by atoms with Crippen LogP contribution in [0.25, 0.3) is 20.8 Å². The Bertz CT molecular complexity index is 868. The first kappa shape index (κ1) is 13.6. The molecule has 0 aliphatic carbocycles. The fourth-order valence-electron chi connectivity index (χ4n) is 2.53. The smallest absolute Gasteiger partial charge is 0.249 e. The number of amides is 1. The maximum absolute atomic E-state index is 11.6. The lowest BCUT2D eigenvalue weighted by Gasteiger charge is -2.06. The van der Waals surface area contributed by atoms with Crippen LogP contribution in [0.4, 0.5) is 0 Å². The average molecular weight is 298 g/mol. The van der Waals surface area contributed by atoms with Crippen molar-refractivity contribution in [3.8, 4) is 16.3 Å². The van der Waals surface area contributed by atoms with Gasteiger partial charge >= 0.3 is 0 Å². The first-order chi connectivity index (χ1) is 9.99. The van der Waals surface area contributed by atoms with Gasteiger partial charge in [-0.15, -0.1) is 11.3 Å². The number of benzene rings is 2. The van der Waals surface area contributed by atoms with Crippen LogP contribution < -0.4 is 5.73 Å². The molecule has 0 aliphatic heterocycles. The molecule has 1 aromatic heterocycles. The second kappa shape index (κ2) is 4.86. The zero-order valence-electron chi connectivity index (χ0n) is 11.7. The summed E-state index contributed by atoms with van der Waals surface area (Å²) in [6, 6.07) is 9.00. The zero-order chi connectivity index (χ0) is 15.1. The number of thiazole rings is 1. The van der Waals surface area contributed by atoms with Crippen molar-refractivity contribution in [2.24, 2.45) is 5.73 Å². The molecule has 0 saturated heterocycles. The summed E-state index contributed by atoms with van der Waals surface area (Å²) < 4.78 is 0.980. The van der Waals surface area contributed by atoms with Gasteiger partial charge in [-0.1, -0.05) is 12.1 Å². The Labute approximate surface area is 125 Å². The minimum absolute atomic E-state index is 0.195. The van der Waals surface area contributed by atoms with Crippen LogP contribution in [0.5, 0.6) is 5.75 Å². The van der Waals surface area contributed by atoms with E-state index in [1.54, 1.807) is 12.1 Å². The Hall–Kier alpha value is -2.40. The van der Waals surface area contributed by atoms with Crippen molar-refractivity contribution in [2.75, 3.05) is 0 Å². The van der Waals surface area contributed by atoms with E-state index in [9.17, 15) is 9.90 Å². The number of phenols is 1. The number of hydrogen-bond donors (Lipinski definition) is 2. The highest BCUT2D eigenvalue weighted by atomic mass is 32.1. The third kappa shape index (κ3) is 2.15. The van der Waals surface area contributed by atoms with E-state index in [0.717, 1.165) is 26.4 Å². The van der Waals surface area contributed by atoms with Crippen LogP contribution in [-0.2, 0) is 0 Å². The SMILES string of the molecule is Cc1cc2sc(-c3ccccc3O)nc2c(C)c1C(N)=O. The second-order valence-electron chi connectivity index (χ2n) is 4.94. The number of carbonyl (C=O) groups excluding carboxylic acids is 1. The average Bonchev–Trinajstić information content (AvgIpc) is 2.82. The fraction of sp³-hybridized carbons (Fsp3) is 0.125. The lowest BCUT2D eigenvalue weighted by molar-refractivity contribution is 0.0999. The molecule has 0 unspecified atom stereocenters. The Balaban J connectivity index is 2.29. The van der Waals surface area contributed by atoms with E-state index in [0.29, 0.717) is 11.1 Å².